The van der Waals surface area contributed by atoms with E-state index in [0.717, 1.165) is 25.7 Å². The SMILES string of the molecule is CCC(N)C(N(C)CC1CCCC1)C(F)(F)F. The summed E-state index contributed by atoms with van der Waals surface area (Å²) < 4.78 is 38.9. The van der Waals surface area contributed by atoms with E-state index in [1.54, 1.807) is 14.0 Å². The maximum Gasteiger partial charge on any atom is 0.405 e. The van der Waals surface area contributed by atoms with Crippen LogP contribution < -0.4 is 5.73 Å². The number of nitrogens with zero attached hydrogens (tertiary/aromatic N) is 1. The van der Waals surface area contributed by atoms with Crippen LogP contribution in [-0.2, 0) is 0 Å². The molecule has 0 bridgehead atoms. The van der Waals surface area contributed by atoms with Crippen molar-refractivity contribution in [2.24, 2.45) is 11.7 Å². The van der Waals surface area contributed by atoms with Crippen LogP contribution in [0.1, 0.15) is 39.0 Å². The predicted molar refractivity (Wildman–Crippen MR) is 62.7 cm³/mol. The molecule has 2 N–H and O–H groups in total. The molecule has 102 valence electrons. The highest BCUT2D eigenvalue weighted by Crippen LogP contribution is 2.30. The molecule has 0 amide bonds. The Balaban J connectivity index is 2.61. The third kappa shape index (κ3) is 4.14. The monoisotopic (exact) mass is 252 g/mol. The van der Waals surface area contributed by atoms with Gasteiger partial charge in [-0.3, -0.25) is 4.90 Å². The molecule has 0 aliphatic heterocycles. The molecule has 0 saturated heterocycles. The van der Waals surface area contributed by atoms with Gasteiger partial charge >= 0.3 is 6.18 Å². The van der Waals surface area contributed by atoms with Gasteiger partial charge in [0.25, 0.3) is 0 Å². The third-order valence-corrected chi connectivity index (χ3v) is 3.71. The second-order valence-electron chi connectivity index (χ2n) is 5.15. The lowest BCUT2D eigenvalue weighted by Gasteiger charge is -2.35. The van der Waals surface area contributed by atoms with Gasteiger partial charge in [0.05, 0.1) is 0 Å². The zero-order chi connectivity index (χ0) is 13.1. The summed E-state index contributed by atoms with van der Waals surface area (Å²) in [4.78, 5) is 1.41. The first kappa shape index (κ1) is 14.8. The summed E-state index contributed by atoms with van der Waals surface area (Å²) in [5, 5.41) is 0. The van der Waals surface area contributed by atoms with Crippen molar-refractivity contribution in [1.29, 1.82) is 0 Å². The van der Waals surface area contributed by atoms with Crippen molar-refractivity contribution in [1.82, 2.24) is 4.90 Å². The van der Waals surface area contributed by atoms with Crippen LogP contribution in [0.2, 0.25) is 0 Å². The van der Waals surface area contributed by atoms with Crippen LogP contribution in [0.4, 0.5) is 13.2 Å². The predicted octanol–water partition coefficient (Wildman–Crippen LogP) is 2.78. The highest BCUT2D eigenvalue weighted by atomic mass is 19.4. The Morgan fingerprint density at radius 2 is 1.82 bits per heavy atom. The fourth-order valence-electron chi connectivity index (χ4n) is 2.76. The highest BCUT2D eigenvalue weighted by Gasteiger charge is 2.45. The molecule has 2 nitrogen and oxygen atoms in total. The van der Waals surface area contributed by atoms with Gasteiger partial charge in [0.1, 0.15) is 6.04 Å². The van der Waals surface area contributed by atoms with Crippen molar-refractivity contribution in [3.63, 3.8) is 0 Å². The Kier molecular flexibility index (Phi) is 5.25. The molecule has 1 aliphatic rings. The molecule has 2 unspecified atom stereocenters. The number of halogens is 3. The molecule has 0 heterocycles. The molecule has 5 heteroatoms. The van der Waals surface area contributed by atoms with Gasteiger partial charge in [0.15, 0.2) is 0 Å². The summed E-state index contributed by atoms with van der Waals surface area (Å²) in [5.74, 6) is 0.411. The molecule has 2 atom stereocenters. The molecule has 0 aromatic rings. The minimum Gasteiger partial charge on any atom is -0.326 e. The average Bonchev–Trinajstić information content (AvgIpc) is 2.67. The van der Waals surface area contributed by atoms with Crippen LogP contribution in [0.25, 0.3) is 0 Å². The van der Waals surface area contributed by atoms with Gasteiger partial charge in [0, 0.05) is 12.6 Å². The largest absolute Gasteiger partial charge is 0.405 e. The summed E-state index contributed by atoms with van der Waals surface area (Å²) in [5.41, 5.74) is 5.62. The Morgan fingerprint density at radius 1 is 1.29 bits per heavy atom. The number of hydrogen-bond donors (Lipinski definition) is 1. The van der Waals surface area contributed by atoms with Gasteiger partial charge in [-0.15, -0.1) is 0 Å². The fourth-order valence-corrected chi connectivity index (χ4v) is 2.76. The van der Waals surface area contributed by atoms with Gasteiger partial charge in [-0.2, -0.15) is 13.2 Å². The van der Waals surface area contributed by atoms with E-state index in [1.165, 1.54) is 4.90 Å². The van der Waals surface area contributed by atoms with E-state index in [4.69, 9.17) is 5.73 Å². The fraction of sp³-hybridized carbons (Fsp3) is 1.00. The van der Waals surface area contributed by atoms with Gasteiger partial charge in [-0.25, -0.2) is 0 Å². The molecule has 1 rings (SSSR count). The van der Waals surface area contributed by atoms with Crippen molar-refractivity contribution in [3.05, 3.63) is 0 Å². The Hall–Kier alpha value is -0.290. The lowest BCUT2D eigenvalue weighted by Crippen LogP contribution is -2.55. The molecule has 1 fully saturated rings. The molecule has 0 spiro atoms. The lowest BCUT2D eigenvalue weighted by atomic mass is 10.0. The topological polar surface area (TPSA) is 29.3 Å². The van der Waals surface area contributed by atoms with E-state index in [9.17, 15) is 13.2 Å². The Labute approximate surface area is 101 Å². The summed E-state index contributed by atoms with van der Waals surface area (Å²) in [6.45, 7) is 2.21. The average molecular weight is 252 g/mol. The molecule has 0 aromatic heterocycles. The van der Waals surface area contributed by atoms with Crippen molar-refractivity contribution >= 4 is 0 Å². The summed E-state index contributed by atoms with van der Waals surface area (Å²) in [6.07, 6.45) is 0.512. The molecular weight excluding hydrogens is 229 g/mol. The number of rotatable bonds is 5. The van der Waals surface area contributed by atoms with Gasteiger partial charge in [-0.1, -0.05) is 19.8 Å². The van der Waals surface area contributed by atoms with E-state index in [2.05, 4.69) is 0 Å². The van der Waals surface area contributed by atoms with Crippen LogP contribution in [-0.4, -0.2) is 36.8 Å². The van der Waals surface area contributed by atoms with E-state index >= 15 is 0 Å². The maximum absolute atomic E-state index is 13.0. The molecule has 1 saturated carbocycles. The van der Waals surface area contributed by atoms with Crippen LogP contribution >= 0.6 is 0 Å². The first-order valence-electron chi connectivity index (χ1n) is 6.38. The van der Waals surface area contributed by atoms with Crippen molar-refractivity contribution in [2.45, 2.75) is 57.3 Å². The van der Waals surface area contributed by atoms with Gasteiger partial charge in [-0.05, 0) is 32.2 Å². The van der Waals surface area contributed by atoms with Gasteiger partial charge in [0.2, 0.25) is 0 Å². The highest BCUT2D eigenvalue weighted by molar-refractivity contribution is 4.87. The molecule has 1 aliphatic carbocycles. The first-order chi connectivity index (χ1) is 7.86. The lowest BCUT2D eigenvalue weighted by molar-refractivity contribution is -0.187. The maximum atomic E-state index is 13.0. The minimum absolute atomic E-state index is 0.346. The molecule has 0 radical (unpaired) electrons. The second kappa shape index (κ2) is 6.05. The van der Waals surface area contributed by atoms with E-state index < -0.39 is 18.3 Å². The molecule has 0 aromatic carbocycles. The number of likely N-dealkylation sites (N-methyl/N-ethyl adjacent to an activating group) is 1. The molecular formula is C12H23F3N2. The van der Waals surface area contributed by atoms with Crippen LogP contribution in [0.3, 0.4) is 0 Å². The Bertz CT molecular complexity index is 224. The molecule has 17 heavy (non-hydrogen) atoms. The van der Waals surface area contributed by atoms with Crippen LogP contribution in [0.5, 0.6) is 0 Å². The number of alkyl halides is 3. The number of nitrogens with two attached hydrogens (primary N) is 1. The van der Waals surface area contributed by atoms with Crippen molar-refractivity contribution < 1.29 is 13.2 Å². The normalized spacial score (nSPS) is 22.1. The zero-order valence-electron chi connectivity index (χ0n) is 10.6. The Morgan fingerprint density at radius 3 is 2.24 bits per heavy atom. The summed E-state index contributed by atoms with van der Waals surface area (Å²) in [7, 11) is 1.55. The van der Waals surface area contributed by atoms with E-state index in [1.807, 2.05) is 0 Å². The second-order valence-corrected chi connectivity index (χ2v) is 5.15. The third-order valence-electron chi connectivity index (χ3n) is 3.71. The summed E-state index contributed by atoms with van der Waals surface area (Å²) >= 11 is 0. The zero-order valence-corrected chi connectivity index (χ0v) is 10.6. The van der Waals surface area contributed by atoms with E-state index in [-0.39, 0.29) is 0 Å². The van der Waals surface area contributed by atoms with Crippen molar-refractivity contribution in [2.75, 3.05) is 13.6 Å². The van der Waals surface area contributed by atoms with Crippen LogP contribution in [0, 0.1) is 5.92 Å². The minimum atomic E-state index is -4.23. The smallest absolute Gasteiger partial charge is 0.326 e. The number of hydrogen-bond acceptors (Lipinski definition) is 2. The van der Waals surface area contributed by atoms with Crippen molar-refractivity contribution in [3.8, 4) is 0 Å². The summed E-state index contributed by atoms with van der Waals surface area (Å²) in [6, 6.07) is -2.34. The van der Waals surface area contributed by atoms with Crippen LogP contribution in [0.15, 0.2) is 0 Å². The van der Waals surface area contributed by atoms with E-state index in [0.29, 0.717) is 18.9 Å². The van der Waals surface area contributed by atoms with Gasteiger partial charge < -0.3 is 5.73 Å². The first-order valence-corrected chi connectivity index (χ1v) is 6.38. The quantitative estimate of drug-likeness (QED) is 0.815. The standard InChI is InChI=1S/C12H23F3N2/c1-3-10(16)11(12(13,14)15)17(2)8-9-6-4-5-7-9/h9-11H,3-8,16H2,1-2H3.